The number of amides is 2. The number of nitrogens with one attached hydrogen (secondary N) is 2. The van der Waals surface area contributed by atoms with Crippen molar-refractivity contribution in [2.75, 3.05) is 43.0 Å². The molecule has 0 spiro atoms. The molecule has 2 amide bonds. The lowest BCUT2D eigenvalue weighted by Crippen LogP contribution is -2.55. The van der Waals surface area contributed by atoms with Gasteiger partial charge in [0.25, 0.3) is 0 Å². The second-order valence-corrected chi connectivity index (χ2v) is 8.63. The Kier molecular flexibility index (Phi) is 8.83. The van der Waals surface area contributed by atoms with Crippen LogP contribution in [0.25, 0.3) is 0 Å². The number of carbonyl (C=O) groups excluding carboxylic acids is 2. The molecule has 3 heterocycles. The first-order chi connectivity index (χ1) is 15.4. The number of aromatic nitrogens is 2. The van der Waals surface area contributed by atoms with Crippen molar-refractivity contribution >= 4 is 35.6 Å². The maximum Gasteiger partial charge on any atom is 0.243 e. The van der Waals surface area contributed by atoms with Gasteiger partial charge in [0, 0.05) is 25.7 Å². The van der Waals surface area contributed by atoms with Crippen molar-refractivity contribution in [3.8, 4) is 0 Å². The quantitative estimate of drug-likeness (QED) is 0.205. The first kappa shape index (κ1) is 24.4. The molecule has 3 rings (SSSR count). The van der Waals surface area contributed by atoms with Crippen LogP contribution in [0.4, 0.5) is 16.0 Å². The van der Waals surface area contributed by atoms with Gasteiger partial charge in [0.2, 0.25) is 23.4 Å². The van der Waals surface area contributed by atoms with Crippen molar-refractivity contribution in [2.45, 2.75) is 51.5 Å². The van der Waals surface area contributed by atoms with Crippen LogP contribution in [0.15, 0.2) is 0 Å². The Morgan fingerprint density at radius 2 is 2.19 bits per heavy atom. The van der Waals surface area contributed by atoms with Gasteiger partial charge in [-0.25, -0.2) is 5.06 Å². The molecule has 2 aliphatic heterocycles. The standard InChI is InChI=1S/C20H31ClFN7O3/c1-2-3-6-14(11-29(32)13-30)19(31)26-25-17-16(22)18(24-20(21)23-17)28-10-9-27-8-5-4-7-15(27)12-28/h13-15,32H,2-12H2,1H3,(H,26,31)(H,23,24,25). The first-order valence-electron chi connectivity index (χ1n) is 11.1. The molecule has 1 aromatic rings. The van der Waals surface area contributed by atoms with Gasteiger partial charge < -0.3 is 4.90 Å². The Bertz CT molecular complexity index is 803. The molecule has 1 aromatic heterocycles. The summed E-state index contributed by atoms with van der Waals surface area (Å²) in [6.07, 6.45) is 5.70. The lowest BCUT2D eigenvalue weighted by Gasteiger charge is -2.44. The van der Waals surface area contributed by atoms with E-state index in [0.717, 1.165) is 38.8 Å². The molecular formula is C20H31ClFN7O3. The Morgan fingerprint density at radius 3 is 2.94 bits per heavy atom. The van der Waals surface area contributed by atoms with Crippen LogP contribution in [-0.2, 0) is 9.59 Å². The molecule has 0 bridgehead atoms. The highest BCUT2D eigenvalue weighted by atomic mass is 35.5. The summed E-state index contributed by atoms with van der Waals surface area (Å²) < 4.78 is 15.2. The fraction of sp³-hybridized carbons (Fsp3) is 0.700. The summed E-state index contributed by atoms with van der Waals surface area (Å²) in [4.78, 5) is 35.6. The lowest BCUT2D eigenvalue weighted by atomic mass is 9.99. The second kappa shape index (κ2) is 11.6. The Morgan fingerprint density at radius 1 is 1.38 bits per heavy atom. The average Bonchev–Trinajstić information content (AvgIpc) is 2.81. The van der Waals surface area contributed by atoms with E-state index in [4.69, 9.17) is 11.6 Å². The smallest absolute Gasteiger partial charge is 0.243 e. The SMILES string of the molecule is CCCCC(CN(O)C=O)C(=O)NNc1nc(Cl)nc(N2CCN3CCCCC3C2)c1F. The van der Waals surface area contributed by atoms with Gasteiger partial charge in [0.05, 0.1) is 12.5 Å². The van der Waals surface area contributed by atoms with Gasteiger partial charge in [-0.3, -0.25) is 30.5 Å². The number of anilines is 2. The van der Waals surface area contributed by atoms with E-state index in [1.54, 1.807) is 0 Å². The minimum Gasteiger partial charge on any atom is -0.351 e. The number of unbranched alkanes of at least 4 members (excludes halogenated alkanes) is 1. The van der Waals surface area contributed by atoms with Crippen LogP contribution in [0.5, 0.6) is 0 Å². The van der Waals surface area contributed by atoms with Gasteiger partial charge in [0.15, 0.2) is 11.6 Å². The normalized spacial score (nSPS) is 19.8. The molecule has 0 saturated carbocycles. The predicted molar refractivity (Wildman–Crippen MR) is 118 cm³/mol. The van der Waals surface area contributed by atoms with E-state index in [1.165, 1.54) is 6.42 Å². The zero-order valence-electron chi connectivity index (χ0n) is 18.3. The summed E-state index contributed by atoms with van der Waals surface area (Å²) in [5, 5.41) is 9.75. The van der Waals surface area contributed by atoms with Crippen molar-refractivity contribution in [1.29, 1.82) is 0 Å². The molecule has 0 aliphatic carbocycles. The van der Waals surface area contributed by atoms with Crippen LogP contribution < -0.4 is 15.8 Å². The van der Waals surface area contributed by atoms with E-state index >= 15 is 4.39 Å². The largest absolute Gasteiger partial charge is 0.351 e. The molecule has 0 radical (unpaired) electrons. The third kappa shape index (κ3) is 6.17. The number of hydroxylamine groups is 2. The Balaban J connectivity index is 1.68. The summed E-state index contributed by atoms with van der Waals surface area (Å²) in [6.45, 7) is 4.99. The molecule has 12 heteroatoms. The van der Waals surface area contributed by atoms with Crippen molar-refractivity contribution in [3.05, 3.63) is 11.1 Å². The van der Waals surface area contributed by atoms with Crippen molar-refractivity contribution in [1.82, 2.24) is 25.4 Å². The topological polar surface area (TPSA) is 114 Å². The van der Waals surface area contributed by atoms with E-state index in [2.05, 4.69) is 25.7 Å². The highest BCUT2D eigenvalue weighted by molar-refractivity contribution is 6.28. The Hall–Kier alpha value is -2.24. The molecule has 178 valence electrons. The summed E-state index contributed by atoms with van der Waals surface area (Å²) in [7, 11) is 0. The van der Waals surface area contributed by atoms with Gasteiger partial charge >= 0.3 is 0 Å². The summed E-state index contributed by atoms with van der Waals surface area (Å²) in [5.41, 5.74) is 4.92. The maximum absolute atomic E-state index is 15.2. The minimum atomic E-state index is -0.694. The van der Waals surface area contributed by atoms with Crippen molar-refractivity contribution < 1.29 is 19.2 Å². The van der Waals surface area contributed by atoms with E-state index in [-0.39, 0.29) is 29.9 Å². The molecule has 2 fully saturated rings. The molecule has 10 nitrogen and oxygen atoms in total. The van der Waals surface area contributed by atoms with E-state index < -0.39 is 17.6 Å². The predicted octanol–water partition coefficient (Wildman–Crippen LogP) is 2.04. The number of piperazine rings is 1. The van der Waals surface area contributed by atoms with E-state index in [0.29, 0.717) is 30.6 Å². The zero-order chi connectivity index (χ0) is 23.1. The number of halogens is 2. The molecule has 2 atom stereocenters. The van der Waals surface area contributed by atoms with Gasteiger partial charge in [0.1, 0.15) is 0 Å². The molecule has 32 heavy (non-hydrogen) atoms. The molecule has 2 unspecified atom stereocenters. The number of rotatable bonds is 10. The second-order valence-electron chi connectivity index (χ2n) is 8.29. The number of nitrogens with zero attached hydrogens (tertiary/aromatic N) is 5. The summed E-state index contributed by atoms with van der Waals surface area (Å²) in [6, 6.07) is 0.361. The molecule has 2 saturated heterocycles. The third-order valence-corrected chi connectivity index (χ3v) is 6.22. The summed E-state index contributed by atoms with van der Waals surface area (Å²) >= 11 is 6.06. The van der Waals surface area contributed by atoms with Gasteiger partial charge in [-0.05, 0) is 37.4 Å². The minimum absolute atomic E-state index is 0.108. The van der Waals surface area contributed by atoms with Crippen LogP contribution in [0.3, 0.4) is 0 Å². The number of piperidine rings is 1. The maximum atomic E-state index is 15.2. The fourth-order valence-electron chi connectivity index (χ4n) is 4.30. The van der Waals surface area contributed by atoms with Gasteiger partial charge in [-0.2, -0.15) is 14.4 Å². The number of hydrogen-bond acceptors (Lipinski definition) is 8. The third-order valence-electron chi connectivity index (χ3n) is 6.05. The lowest BCUT2D eigenvalue weighted by molar-refractivity contribution is -0.154. The highest BCUT2D eigenvalue weighted by Gasteiger charge is 2.31. The highest BCUT2D eigenvalue weighted by Crippen LogP contribution is 2.28. The molecule has 2 aliphatic rings. The van der Waals surface area contributed by atoms with Crippen molar-refractivity contribution in [3.63, 3.8) is 0 Å². The number of hydrogen-bond donors (Lipinski definition) is 3. The van der Waals surface area contributed by atoms with Crippen molar-refractivity contribution in [2.24, 2.45) is 5.92 Å². The van der Waals surface area contributed by atoms with Crippen LogP contribution in [0.1, 0.15) is 45.4 Å². The Labute approximate surface area is 192 Å². The fourth-order valence-corrected chi connectivity index (χ4v) is 4.46. The molecule has 3 N–H and O–H groups in total. The molecular weight excluding hydrogens is 441 g/mol. The average molecular weight is 472 g/mol. The van der Waals surface area contributed by atoms with Crippen LogP contribution in [0, 0.1) is 11.7 Å². The van der Waals surface area contributed by atoms with Gasteiger partial charge in [-0.15, -0.1) is 0 Å². The zero-order valence-corrected chi connectivity index (χ0v) is 19.0. The number of carbonyl (C=O) groups is 2. The van der Waals surface area contributed by atoms with Gasteiger partial charge in [-0.1, -0.05) is 26.2 Å². The van der Waals surface area contributed by atoms with Crippen LogP contribution in [0.2, 0.25) is 5.28 Å². The number of hydrazine groups is 1. The first-order valence-corrected chi connectivity index (χ1v) is 11.5. The summed E-state index contributed by atoms with van der Waals surface area (Å²) in [5.74, 6) is -1.98. The van der Waals surface area contributed by atoms with Crippen LogP contribution in [-0.4, -0.2) is 76.2 Å². The van der Waals surface area contributed by atoms with E-state index in [9.17, 15) is 14.8 Å². The number of fused-ring (bicyclic) bond motifs is 1. The van der Waals surface area contributed by atoms with E-state index in [1.807, 2.05) is 11.8 Å². The molecule has 0 aromatic carbocycles. The van der Waals surface area contributed by atoms with Crippen LogP contribution >= 0.6 is 11.6 Å². The monoisotopic (exact) mass is 471 g/mol.